The fourth-order valence-electron chi connectivity index (χ4n) is 1.56. The van der Waals surface area contributed by atoms with Crippen molar-refractivity contribution in [3.63, 3.8) is 0 Å². The van der Waals surface area contributed by atoms with Crippen molar-refractivity contribution in [1.82, 2.24) is 4.72 Å². The van der Waals surface area contributed by atoms with Gasteiger partial charge in [-0.25, -0.2) is 13.1 Å². The topological polar surface area (TPSA) is 49.4 Å². The summed E-state index contributed by atoms with van der Waals surface area (Å²) in [7, 11) is 0.736. The molecule has 0 fully saturated rings. The highest BCUT2D eigenvalue weighted by molar-refractivity contribution is 7.89. The average molecular weight is 305 g/mol. The second-order valence-electron chi connectivity index (χ2n) is 4.60. The van der Waals surface area contributed by atoms with Gasteiger partial charge in [-0.1, -0.05) is 12.1 Å². The Kier molecular flexibility index (Phi) is 6.62. The van der Waals surface area contributed by atoms with Crippen LogP contribution in [0.5, 0.6) is 0 Å². The Bertz CT molecular complexity index is 472. The molecule has 0 aliphatic rings. The second-order valence-corrected chi connectivity index (χ2v) is 6.90. The minimum Gasteiger partial charge on any atom is -0.378 e. The summed E-state index contributed by atoms with van der Waals surface area (Å²) in [6.07, 6.45) is 1.32. The number of nitrogens with zero attached hydrogens (tertiary/aromatic N) is 1. The summed E-state index contributed by atoms with van der Waals surface area (Å²) >= 11 is 5.52. The fraction of sp³-hybridized carbons (Fsp3) is 0.538. The first-order chi connectivity index (χ1) is 8.94. The summed E-state index contributed by atoms with van der Waals surface area (Å²) in [6.45, 7) is 0.330. The third kappa shape index (κ3) is 6.27. The van der Waals surface area contributed by atoms with Crippen molar-refractivity contribution in [2.24, 2.45) is 0 Å². The van der Waals surface area contributed by atoms with Gasteiger partial charge in [0.2, 0.25) is 10.0 Å². The predicted molar refractivity (Wildman–Crippen MR) is 81.3 cm³/mol. The highest BCUT2D eigenvalue weighted by atomic mass is 35.5. The van der Waals surface area contributed by atoms with Crippen molar-refractivity contribution in [2.75, 3.05) is 30.6 Å². The molecule has 0 unspecified atom stereocenters. The SMILES string of the molecule is CN(C)c1ccc(CNS(=O)(=O)CCCCCl)cc1. The molecule has 0 amide bonds. The first kappa shape index (κ1) is 16.3. The molecule has 1 aromatic rings. The molecule has 0 aromatic heterocycles. The third-order valence-electron chi connectivity index (χ3n) is 2.75. The van der Waals surface area contributed by atoms with E-state index < -0.39 is 10.0 Å². The highest BCUT2D eigenvalue weighted by Crippen LogP contribution is 2.12. The van der Waals surface area contributed by atoms with Crippen LogP contribution in [-0.4, -0.2) is 34.1 Å². The maximum absolute atomic E-state index is 11.7. The Balaban J connectivity index is 2.47. The number of hydrogen-bond donors (Lipinski definition) is 1. The molecule has 0 saturated heterocycles. The van der Waals surface area contributed by atoms with E-state index in [2.05, 4.69) is 4.72 Å². The molecule has 108 valence electrons. The van der Waals surface area contributed by atoms with E-state index in [1.807, 2.05) is 43.3 Å². The summed E-state index contributed by atoms with van der Waals surface area (Å²) in [4.78, 5) is 2.00. The van der Waals surface area contributed by atoms with Gasteiger partial charge < -0.3 is 4.90 Å². The van der Waals surface area contributed by atoms with E-state index in [4.69, 9.17) is 11.6 Å². The van der Waals surface area contributed by atoms with Crippen LogP contribution in [0.1, 0.15) is 18.4 Å². The molecule has 0 aliphatic carbocycles. The van der Waals surface area contributed by atoms with Gasteiger partial charge in [-0.15, -0.1) is 11.6 Å². The quantitative estimate of drug-likeness (QED) is 0.591. The van der Waals surface area contributed by atoms with Crippen molar-refractivity contribution >= 4 is 27.3 Å². The molecule has 1 N–H and O–H groups in total. The fourth-order valence-corrected chi connectivity index (χ4v) is 2.87. The van der Waals surface area contributed by atoms with Crippen molar-refractivity contribution in [2.45, 2.75) is 19.4 Å². The molecule has 19 heavy (non-hydrogen) atoms. The summed E-state index contributed by atoms with van der Waals surface area (Å²) in [5.41, 5.74) is 2.04. The number of unbranched alkanes of at least 4 members (excludes halogenated alkanes) is 1. The Morgan fingerprint density at radius 3 is 2.32 bits per heavy atom. The van der Waals surface area contributed by atoms with Gasteiger partial charge in [-0.2, -0.15) is 0 Å². The largest absolute Gasteiger partial charge is 0.378 e. The normalized spacial score (nSPS) is 11.5. The van der Waals surface area contributed by atoms with Crippen LogP contribution in [0.2, 0.25) is 0 Å². The number of anilines is 1. The van der Waals surface area contributed by atoms with Gasteiger partial charge >= 0.3 is 0 Å². The first-order valence-corrected chi connectivity index (χ1v) is 8.43. The number of benzene rings is 1. The Morgan fingerprint density at radius 2 is 1.79 bits per heavy atom. The van der Waals surface area contributed by atoms with E-state index in [1.165, 1.54) is 0 Å². The van der Waals surface area contributed by atoms with Gasteiger partial charge in [0.25, 0.3) is 0 Å². The summed E-state index contributed by atoms with van der Waals surface area (Å²) in [5.74, 6) is 0.636. The molecule has 0 heterocycles. The molecule has 0 spiro atoms. The number of halogens is 1. The predicted octanol–water partition coefficient (Wildman–Crippen LogP) is 2.19. The van der Waals surface area contributed by atoms with E-state index in [0.717, 1.165) is 17.7 Å². The molecule has 1 rings (SSSR count). The van der Waals surface area contributed by atoms with E-state index in [0.29, 0.717) is 18.8 Å². The molecule has 0 atom stereocenters. The van der Waals surface area contributed by atoms with E-state index in [9.17, 15) is 8.42 Å². The maximum Gasteiger partial charge on any atom is 0.211 e. The Hall–Kier alpha value is -0.780. The smallest absolute Gasteiger partial charge is 0.211 e. The number of hydrogen-bond acceptors (Lipinski definition) is 3. The number of alkyl halides is 1. The lowest BCUT2D eigenvalue weighted by Crippen LogP contribution is -2.26. The molecule has 6 heteroatoms. The molecule has 4 nitrogen and oxygen atoms in total. The Morgan fingerprint density at radius 1 is 1.16 bits per heavy atom. The van der Waals surface area contributed by atoms with Crippen molar-refractivity contribution in [1.29, 1.82) is 0 Å². The van der Waals surface area contributed by atoms with Crippen LogP contribution in [0.4, 0.5) is 5.69 Å². The first-order valence-electron chi connectivity index (χ1n) is 6.24. The van der Waals surface area contributed by atoms with E-state index in [-0.39, 0.29) is 5.75 Å². The third-order valence-corrected chi connectivity index (χ3v) is 4.42. The molecule has 0 bridgehead atoms. The van der Waals surface area contributed by atoms with Gasteiger partial charge in [-0.3, -0.25) is 0 Å². The molecular weight excluding hydrogens is 284 g/mol. The van der Waals surface area contributed by atoms with Gasteiger partial charge in [0.05, 0.1) is 5.75 Å². The zero-order chi connectivity index (χ0) is 14.3. The van der Waals surface area contributed by atoms with Gasteiger partial charge in [-0.05, 0) is 30.5 Å². The van der Waals surface area contributed by atoms with Crippen LogP contribution < -0.4 is 9.62 Å². The van der Waals surface area contributed by atoms with Crippen LogP contribution in [0, 0.1) is 0 Å². The lowest BCUT2D eigenvalue weighted by atomic mass is 10.2. The molecular formula is C13H21ClN2O2S. The van der Waals surface area contributed by atoms with E-state index >= 15 is 0 Å². The standard InChI is InChI=1S/C13H21ClN2O2S/c1-16(2)13-7-5-12(6-8-13)11-15-19(17,18)10-4-3-9-14/h5-8,15H,3-4,9-11H2,1-2H3. The molecule has 0 aliphatic heterocycles. The minimum atomic E-state index is -3.20. The van der Waals surface area contributed by atoms with Gasteiger partial charge in [0.15, 0.2) is 0 Å². The zero-order valence-corrected chi connectivity index (χ0v) is 13.0. The van der Waals surface area contributed by atoms with Crippen LogP contribution >= 0.6 is 11.6 Å². The Labute approximate surface area is 120 Å². The molecule has 0 saturated carbocycles. The number of rotatable bonds is 8. The zero-order valence-electron chi connectivity index (χ0n) is 11.4. The highest BCUT2D eigenvalue weighted by Gasteiger charge is 2.09. The molecule has 0 radical (unpaired) electrons. The van der Waals surface area contributed by atoms with Crippen molar-refractivity contribution in [3.05, 3.63) is 29.8 Å². The van der Waals surface area contributed by atoms with E-state index in [1.54, 1.807) is 0 Å². The van der Waals surface area contributed by atoms with Crippen LogP contribution in [0.25, 0.3) is 0 Å². The van der Waals surface area contributed by atoms with Crippen LogP contribution in [0.3, 0.4) is 0 Å². The lowest BCUT2D eigenvalue weighted by Gasteiger charge is -2.13. The maximum atomic E-state index is 11.7. The van der Waals surface area contributed by atoms with Gasteiger partial charge in [0, 0.05) is 32.2 Å². The van der Waals surface area contributed by atoms with Crippen molar-refractivity contribution < 1.29 is 8.42 Å². The minimum absolute atomic E-state index is 0.134. The average Bonchev–Trinajstić information content (AvgIpc) is 2.37. The van der Waals surface area contributed by atoms with Crippen LogP contribution in [0.15, 0.2) is 24.3 Å². The van der Waals surface area contributed by atoms with Gasteiger partial charge in [0.1, 0.15) is 0 Å². The lowest BCUT2D eigenvalue weighted by molar-refractivity contribution is 0.578. The number of nitrogens with one attached hydrogen (secondary N) is 1. The summed E-state index contributed by atoms with van der Waals surface area (Å²) in [5, 5.41) is 0. The number of sulfonamides is 1. The second kappa shape index (κ2) is 7.72. The summed E-state index contributed by atoms with van der Waals surface area (Å²) < 4.78 is 26.0. The monoisotopic (exact) mass is 304 g/mol. The van der Waals surface area contributed by atoms with Crippen molar-refractivity contribution in [3.8, 4) is 0 Å². The molecule has 1 aromatic carbocycles. The summed E-state index contributed by atoms with van der Waals surface area (Å²) in [6, 6.07) is 7.79. The van der Waals surface area contributed by atoms with Crippen LogP contribution in [-0.2, 0) is 16.6 Å².